The largest absolute Gasteiger partial charge is 0.308 e. The summed E-state index contributed by atoms with van der Waals surface area (Å²) >= 11 is 0. The summed E-state index contributed by atoms with van der Waals surface area (Å²) in [6.45, 7) is 2.23. The highest BCUT2D eigenvalue weighted by Gasteiger charge is 2.24. The Morgan fingerprint density at radius 1 is 0.591 bits per heavy atom. The van der Waals surface area contributed by atoms with Gasteiger partial charge in [-0.15, -0.1) is 0 Å². The second-order valence-electron chi connectivity index (χ2n) is 12.4. The van der Waals surface area contributed by atoms with Crippen molar-refractivity contribution in [1.82, 2.24) is 4.57 Å². The van der Waals surface area contributed by atoms with Crippen LogP contribution in [0.1, 0.15) is 41.6 Å². The Morgan fingerprint density at radius 3 is 2.11 bits per heavy atom. The summed E-state index contributed by atoms with van der Waals surface area (Å²) in [7, 11) is 0. The van der Waals surface area contributed by atoms with Gasteiger partial charge in [0.05, 0.1) is 11.2 Å². The molecule has 44 heavy (non-hydrogen) atoms. The third-order valence-electron chi connectivity index (χ3n) is 9.75. The van der Waals surface area contributed by atoms with E-state index in [0.29, 0.717) is 0 Å². The highest BCUT2D eigenvalue weighted by atomic mass is 15.0. The molecule has 2 aliphatic rings. The maximum atomic E-state index is 2.56. The Balaban J connectivity index is 1.47. The van der Waals surface area contributed by atoms with Crippen LogP contribution in [-0.4, -0.2) is 4.57 Å². The number of rotatable bonds is 3. The van der Waals surface area contributed by atoms with E-state index in [2.05, 4.69) is 145 Å². The molecule has 0 spiro atoms. The zero-order valence-electron chi connectivity index (χ0n) is 25.0. The Kier molecular flexibility index (Phi) is 5.74. The summed E-state index contributed by atoms with van der Waals surface area (Å²) in [6.07, 6.45) is 15.8. The number of fused-ring (bicyclic) bond motifs is 6. The molecule has 1 aromatic heterocycles. The Labute approximate surface area is 258 Å². The molecule has 0 fully saturated rings. The van der Waals surface area contributed by atoms with Gasteiger partial charge in [-0.2, -0.15) is 0 Å². The molecule has 0 atom stereocenters. The van der Waals surface area contributed by atoms with Crippen molar-refractivity contribution >= 4 is 54.9 Å². The monoisotopic (exact) mass is 563 g/mol. The molecule has 210 valence electrons. The number of aryl methyl sites for hydroxylation is 2. The van der Waals surface area contributed by atoms with Gasteiger partial charge in [0.25, 0.3) is 0 Å². The van der Waals surface area contributed by atoms with Gasteiger partial charge in [0.1, 0.15) is 0 Å². The van der Waals surface area contributed by atoms with Crippen molar-refractivity contribution in [2.75, 3.05) is 0 Å². The van der Waals surface area contributed by atoms with Crippen molar-refractivity contribution in [3.63, 3.8) is 0 Å². The molecule has 1 nitrogen and oxygen atoms in total. The van der Waals surface area contributed by atoms with E-state index in [9.17, 15) is 0 Å². The summed E-state index contributed by atoms with van der Waals surface area (Å²) < 4.78 is 2.56. The molecule has 1 heteroatoms. The number of hydrogen-bond acceptors (Lipinski definition) is 0. The van der Waals surface area contributed by atoms with Crippen LogP contribution in [0.3, 0.4) is 0 Å². The molecule has 0 radical (unpaired) electrons. The first kappa shape index (κ1) is 25.4. The minimum Gasteiger partial charge on any atom is -0.308 e. The van der Waals surface area contributed by atoms with E-state index in [1.54, 1.807) is 0 Å². The summed E-state index contributed by atoms with van der Waals surface area (Å²) in [5.41, 5.74) is 12.1. The zero-order valence-corrected chi connectivity index (χ0v) is 25.0. The predicted molar refractivity (Wildman–Crippen MR) is 190 cm³/mol. The minimum atomic E-state index is 1.06. The first-order valence-corrected chi connectivity index (χ1v) is 15.9. The second-order valence-corrected chi connectivity index (χ2v) is 12.4. The molecule has 7 aromatic rings. The molecule has 0 N–H and O–H groups in total. The van der Waals surface area contributed by atoms with Crippen LogP contribution in [0.25, 0.3) is 71.7 Å². The lowest BCUT2D eigenvalue weighted by molar-refractivity contribution is 0.971. The Hall–Kier alpha value is -5.14. The summed E-state index contributed by atoms with van der Waals surface area (Å²) in [4.78, 5) is 0. The van der Waals surface area contributed by atoms with Crippen LogP contribution < -0.4 is 0 Å². The molecule has 0 saturated heterocycles. The Morgan fingerprint density at radius 2 is 1.30 bits per heavy atom. The van der Waals surface area contributed by atoms with Gasteiger partial charge in [-0.25, -0.2) is 0 Å². The number of para-hydroxylation sites is 1. The first-order valence-electron chi connectivity index (χ1n) is 15.9. The molecule has 0 amide bonds. The summed E-state index contributed by atoms with van der Waals surface area (Å²) in [6, 6.07) is 38.8. The Bertz CT molecular complexity index is 2390. The maximum absolute atomic E-state index is 2.56. The van der Waals surface area contributed by atoms with Crippen molar-refractivity contribution in [3.8, 4) is 16.8 Å². The second kappa shape index (κ2) is 9.96. The fourth-order valence-electron chi connectivity index (χ4n) is 7.77. The lowest BCUT2D eigenvalue weighted by atomic mass is 9.83. The molecule has 0 unspecified atom stereocenters. The lowest BCUT2D eigenvalue weighted by Gasteiger charge is -2.23. The molecular formula is C43H33N. The van der Waals surface area contributed by atoms with Crippen LogP contribution in [0.2, 0.25) is 0 Å². The van der Waals surface area contributed by atoms with Gasteiger partial charge in [0.2, 0.25) is 0 Å². The smallest absolute Gasteiger partial charge is 0.0619 e. The van der Waals surface area contributed by atoms with Crippen molar-refractivity contribution in [1.29, 1.82) is 0 Å². The molecule has 0 aliphatic heterocycles. The molecule has 6 aromatic carbocycles. The van der Waals surface area contributed by atoms with Gasteiger partial charge in [-0.1, -0.05) is 115 Å². The van der Waals surface area contributed by atoms with Crippen molar-refractivity contribution in [2.24, 2.45) is 0 Å². The van der Waals surface area contributed by atoms with Crippen LogP contribution in [0.15, 0.2) is 127 Å². The van der Waals surface area contributed by atoms with Gasteiger partial charge >= 0.3 is 0 Å². The minimum absolute atomic E-state index is 1.06. The normalized spacial score (nSPS) is 14.5. The van der Waals surface area contributed by atoms with Gasteiger partial charge in [-0.3, -0.25) is 0 Å². The highest BCUT2D eigenvalue weighted by molar-refractivity contribution is 6.20. The quantitative estimate of drug-likeness (QED) is 0.188. The molecule has 2 aliphatic carbocycles. The molecular weight excluding hydrogens is 530 g/mol. The molecule has 0 bridgehead atoms. The SMILES string of the molecule is Cc1ccc2c(-n3c4c(c5ccccc53)CCC=C4)c3ccccc3c(-c3cc4ccccc4cc3C3=CC=CCC3)c2c1. The predicted octanol–water partition coefficient (Wildman–Crippen LogP) is 11.8. The van der Waals surface area contributed by atoms with E-state index in [1.165, 1.54) is 88.0 Å². The van der Waals surface area contributed by atoms with Crippen molar-refractivity contribution < 1.29 is 0 Å². The number of hydrogen-bond donors (Lipinski definition) is 0. The number of allylic oxidation sites excluding steroid dienone is 5. The molecule has 0 saturated carbocycles. The van der Waals surface area contributed by atoms with Crippen LogP contribution in [-0.2, 0) is 6.42 Å². The van der Waals surface area contributed by atoms with Gasteiger partial charge < -0.3 is 4.57 Å². The lowest BCUT2D eigenvalue weighted by Crippen LogP contribution is -2.04. The average molecular weight is 564 g/mol. The maximum Gasteiger partial charge on any atom is 0.0619 e. The number of benzene rings is 6. The zero-order chi connectivity index (χ0) is 29.2. The topological polar surface area (TPSA) is 4.93 Å². The fourth-order valence-corrected chi connectivity index (χ4v) is 7.77. The van der Waals surface area contributed by atoms with E-state index in [1.807, 2.05) is 0 Å². The van der Waals surface area contributed by atoms with Gasteiger partial charge in [-0.05, 0) is 106 Å². The van der Waals surface area contributed by atoms with E-state index < -0.39 is 0 Å². The third kappa shape index (κ3) is 3.79. The van der Waals surface area contributed by atoms with Crippen LogP contribution in [0.5, 0.6) is 0 Å². The van der Waals surface area contributed by atoms with E-state index >= 15 is 0 Å². The molecule has 9 rings (SSSR count). The third-order valence-corrected chi connectivity index (χ3v) is 9.75. The van der Waals surface area contributed by atoms with Crippen LogP contribution >= 0.6 is 0 Å². The van der Waals surface area contributed by atoms with Gasteiger partial charge in [0.15, 0.2) is 0 Å². The van der Waals surface area contributed by atoms with Crippen LogP contribution in [0, 0.1) is 6.92 Å². The number of nitrogens with zero attached hydrogens (tertiary/aromatic N) is 1. The number of aromatic nitrogens is 1. The molecule has 1 heterocycles. The standard InChI is InChI=1S/C43H33N/c1-28-23-24-36-38(25-28)42(39-27-31-16-6-5-15-30(31)26-37(39)29-13-3-2-4-14-29)34-19-7-8-20-35(34)43(36)44-40-21-11-9-17-32(40)33-18-10-12-22-41(33)44/h2-3,5-9,11-13,15-17,19-27H,4,10,14,18H2,1H3. The van der Waals surface area contributed by atoms with E-state index in [0.717, 1.165) is 25.7 Å². The van der Waals surface area contributed by atoms with Crippen molar-refractivity contribution in [3.05, 3.63) is 150 Å². The first-order chi connectivity index (χ1) is 21.8. The fraction of sp³-hybridized carbons (Fsp3) is 0.116. The van der Waals surface area contributed by atoms with Crippen molar-refractivity contribution in [2.45, 2.75) is 32.6 Å². The van der Waals surface area contributed by atoms with E-state index in [-0.39, 0.29) is 0 Å². The van der Waals surface area contributed by atoms with E-state index in [4.69, 9.17) is 0 Å². The van der Waals surface area contributed by atoms with Gasteiger partial charge in [0, 0.05) is 21.9 Å². The summed E-state index contributed by atoms with van der Waals surface area (Å²) in [5, 5.41) is 9.14. The average Bonchev–Trinajstić information content (AvgIpc) is 3.41. The van der Waals surface area contributed by atoms with Crippen LogP contribution in [0.4, 0.5) is 0 Å². The summed E-state index contributed by atoms with van der Waals surface area (Å²) in [5.74, 6) is 0. The highest BCUT2D eigenvalue weighted by Crippen LogP contribution is 2.47.